The van der Waals surface area contributed by atoms with Gasteiger partial charge in [-0.1, -0.05) is 45.9 Å². The summed E-state index contributed by atoms with van der Waals surface area (Å²) < 4.78 is 0. The van der Waals surface area contributed by atoms with Crippen molar-refractivity contribution in [2.24, 2.45) is 29.0 Å². The predicted octanol–water partition coefficient (Wildman–Crippen LogP) is -2.33. The van der Waals surface area contributed by atoms with E-state index < -0.39 is 114 Å². The van der Waals surface area contributed by atoms with Crippen LogP contribution in [0, 0.1) is 11.8 Å². The molecule has 0 saturated heterocycles. The zero-order valence-corrected chi connectivity index (χ0v) is 37.7. The molecule has 0 fully saturated rings. The first-order chi connectivity index (χ1) is 29.5. The summed E-state index contributed by atoms with van der Waals surface area (Å²) >= 11 is 1.48. The number of H-pyrrole nitrogens is 1. The van der Waals surface area contributed by atoms with Crippen LogP contribution < -0.4 is 54.4 Å². The number of nitrogens with one attached hydrogen (secondary N) is 8. The van der Waals surface area contributed by atoms with Gasteiger partial charge in [-0.3, -0.25) is 43.2 Å². The Morgan fingerprint density at radius 1 is 0.714 bits per heavy atom. The topological polar surface area (TPSA) is 352 Å². The number of aliphatic hydroxyl groups is 1. The third kappa shape index (κ3) is 17.9. The first-order valence-electron chi connectivity index (χ1n) is 20.7. The van der Waals surface area contributed by atoms with Crippen molar-refractivity contribution in [3.8, 4) is 0 Å². The van der Waals surface area contributed by atoms with E-state index in [4.69, 9.17) is 17.2 Å². The lowest BCUT2D eigenvalue weighted by atomic mass is 10.0. The van der Waals surface area contributed by atoms with Crippen LogP contribution in [0.3, 0.4) is 0 Å². The van der Waals surface area contributed by atoms with Crippen LogP contribution >= 0.6 is 11.8 Å². The van der Waals surface area contributed by atoms with Crippen molar-refractivity contribution in [3.63, 3.8) is 0 Å². The zero-order chi connectivity index (χ0) is 47.6. The first-order valence-corrected chi connectivity index (χ1v) is 22.1. The van der Waals surface area contributed by atoms with Gasteiger partial charge in [-0.25, -0.2) is 0 Å². The minimum Gasteiger partial charge on any atom is -0.391 e. The van der Waals surface area contributed by atoms with Crippen molar-refractivity contribution in [2.75, 3.05) is 18.6 Å². The number of hydrogen-bond donors (Lipinski definition) is 12. The van der Waals surface area contributed by atoms with Crippen molar-refractivity contribution >= 4 is 75.8 Å². The molecule has 2 aromatic rings. The second kappa shape index (κ2) is 26.0. The minimum atomic E-state index is -1.41. The standard InChI is InChI=1S/C41H65N11O10S/c1-20(2)16-29(39(60)49-27(35(44)56)14-15-63-7)48-32(55)19-46-41(62)34(21(3)4)52-36(57)22(5)47-38(59)30(17-24-18-45-26-11-9-8-10-25(24)26)51-37(58)28(12-13-31(42)54)50-40(61)33(43)23(6)53/h8-11,18,20-23,27-30,33-34,45,53H,12-17,19,43H2,1-7H3,(H2,42,54)(H2,44,56)(H,46,62)(H,47,59)(H,48,55)(H,49,60)(H,50,61)(H,51,58)(H,52,57). The van der Waals surface area contributed by atoms with Crippen LogP contribution in [0.15, 0.2) is 30.5 Å². The average molecular weight is 904 g/mol. The second-order valence-corrected chi connectivity index (χ2v) is 17.1. The maximum atomic E-state index is 13.9. The molecule has 8 unspecified atom stereocenters. The Balaban J connectivity index is 2.21. The van der Waals surface area contributed by atoms with E-state index >= 15 is 0 Å². The number of hydrogen-bond acceptors (Lipinski definition) is 12. The highest BCUT2D eigenvalue weighted by Crippen LogP contribution is 2.19. The number of carbonyl (C=O) groups excluding carboxylic acids is 9. The highest BCUT2D eigenvalue weighted by molar-refractivity contribution is 7.98. The highest BCUT2D eigenvalue weighted by Gasteiger charge is 2.33. The summed E-state index contributed by atoms with van der Waals surface area (Å²) in [7, 11) is 0. The number of nitrogens with two attached hydrogens (primary N) is 3. The third-order valence-electron chi connectivity index (χ3n) is 9.92. The fraction of sp³-hybridized carbons (Fsp3) is 0.585. The maximum Gasteiger partial charge on any atom is 0.243 e. The number of primary amides is 2. The van der Waals surface area contributed by atoms with Gasteiger partial charge in [-0.05, 0) is 68.6 Å². The zero-order valence-electron chi connectivity index (χ0n) is 36.9. The van der Waals surface area contributed by atoms with Crippen LogP contribution in [0.1, 0.15) is 72.8 Å². The van der Waals surface area contributed by atoms with Crippen molar-refractivity contribution in [2.45, 2.75) is 122 Å². The first kappa shape index (κ1) is 53.4. The molecule has 2 rings (SSSR count). The largest absolute Gasteiger partial charge is 0.391 e. The Labute approximate surface area is 371 Å². The summed E-state index contributed by atoms with van der Waals surface area (Å²) in [4.78, 5) is 120. The van der Waals surface area contributed by atoms with Crippen LogP contribution in [-0.4, -0.2) is 130 Å². The molecular weight excluding hydrogens is 839 g/mol. The monoisotopic (exact) mass is 903 g/mol. The smallest absolute Gasteiger partial charge is 0.243 e. The van der Waals surface area contributed by atoms with E-state index in [1.54, 1.807) is 38.2 Å². The van der Waals surface area contributed by atoms with Crippen molar-refractivity contribution < 1.29 is 48.3 Å². The van der Waals surface area contributed by atoms with Crippen LogP contribution in [0.2, 0.25) is 0 Å². The molecule has 0 spiro atoms. The Morgan fingerprint density at radius 3 is 1.90 bits per heavy atom. The number of aromatic amines is 1. The molecule has 0 aliphatic heterocycles. The third-order valence-corrected chi connectivity index (χ3v) is 10.6. The van der Waals surface area contributed by atoms with E-state index in [1.165, 1.54) is 25.6 Å². The molecule has 0 aliphatic rings. The molecule has 15 N–H and O–H groups in total. The van der Waals surface area contributed by atoms with Crippen molar-refractivity contribution in [1.82, 2.24) is 42.2 Å². The van der Waals surface area contributed by atoms with Crippen LogP contribution in [0.4, 0.5) is 0 Å². The molecule has 21 nitrogen and oxygen atoms in total. The van der Waals surface area contributed by atoms with Gasteiger partial charge < -0.3 is 64.5 Å². The Hall–Kier alpha value is -5.74. The Bertz CT molecular complexity index is 1920. The van der Waals surface area contributed by atoms with E-state index in [0.717, 1.165) is 10.9 Å². The number of para-hydroxylation sites is 1. The molecular formula is C41H65N11O10S. The molecule has 8 atom stereocenters. The van der Waals surface area contributed by atoms with Gasteiger partial charge in [-0.2, -0.15) is 11.8 Å². The SMILES string of the molecule is CSCCC(NC(=O)C(CC(C)C)NC(=O)CNC(=O)C(NC(=O)C(C)NC(=O)C(Cc1c[nH]c2ccccc12)NC(=O)C(CCC(N)=O)NC(=O)C(N)C(C)O)C(C)C)C(N)=O. The summed E-state index contributed by atoms with van der Waals surface area (Å²) in [6.45, 7) is 9.07. The second-order valence-electron chi connectivity index (χ2n) is 16.1. The van der Waals surface area contributed by atoms with Gasteiger partial charge in [0.15, 0.2) is 0 Å². The van der Waals surface area contributed by atoms with E-state index in [0.29, 0.717) is 17.7 Å². The Morgan fingerprint density at radius 2 is 1.32 bits per heavy atom. The van der Waals surface area contributed by atoms with E-state index in [1.807, 2.05) is 26.2 Å². The minimum absolute atomic E-state index is 0.0318. The van der Waals surface area contributed by atoms with Gasteiger partial charge in [0, 0.05) is 29.9 Å². The molecule has 0 bridgehead atoms. The predicted molar refractivity (Wildman–Crippen MR) is 237 cm³/mol. The lowest BCUT2D eigenvalue weighted by Crippen LogP contribution is -2.60. The summed E-state index contributed by atoms with van der Waals surface area (Å²) in [6, 6.07) is -1.38. The van der Waals surface area contributed by atoms with Crippen LogP contribution in [0.5, 0.6) is 0 Å². The number of amides is 9. The quantitative estimate of drug-likeness (QED) is 0.0449. The molecule has 1 heterocycles. The number of fused-ring (bicyclic) bond motifs is 1. The number of aliphatic hydroxyl groups excluding tert-OH is 1. The highest BCUT2D eigenvalue weighted by atomic mass is 32.2. The normalized spacial score (nSPS) is 15.1. The van der Waals surface area contributed by atoms with Gasteiger partial charge in [-0.15, -0.1) is 0 Å². The van der Waals surface area contributed by atoms with Crippen molar-refractivity contribution in [1.29, 1.82) is 0 Å². The number of aromatic nitrogens is 1. The number of benzene rings is 1. The molecule has 0 radical (unpaired) electrons. The maximum absolute atomic E-state index is 13.9. The van der Waals surface area contributed by atoms with Crippen LogP contribution in [-0.2, 0) is 49.6 Å². The van der Waals surface area contributed by atoms with Gasteiger partial charge in [0.1, 0.15) is 42.3 Å². The average Bonchev–Trinajstić information content (AvgIpc) is 3.62. The van der Waals surface area contributed by atoms with E-state index in [2.05, 4.69) is 42.2 Å². The molecule has 9 amide bonds. The Kier molecular flexibility index (Phi) is 22.1. The fourth-order valence-corrected chi connectivity index (χ4v) is 6.73. The van der Waals surface area contributed by atoms with Gasteiger partial charge in [0.25, 0.3) is 0 Å². The molecule has 350 valence electrons. The lowest BCUT2D eigenvalue weighted by Gasteiger charge is -2.27. The van der Waals surface area contributed by atoms with Gasteiger partial charge in [0.05, 0.1) is 12.6 Å². The summed E-state index contributed by atoms with van der Waals surface area (Å²) in [6.07, 6.45) is 2.08. The summed E-state index contributed by atoms with van der Waals surface area (Å²) in [5.74, 6) is -6.85. The number of carbonyl (C=O) groups is 9. The number of thioether (sulfide) groups is 1. The number of rotatable bonds is 27. The summed E-state index contributed by atoms with van der Waals surface area (Å²) in [5.41, 5.74) is 17.9. The van der Waals surface area contributed by atoms with Gasteiger partial charge in [0.2, 0.25) is 53.2 Å². The van der Waals surface area contributed by atoms with Gasteiger partial charge >= 0.3 is 0 Å². The molecule has 1 aromatic heterocycles. The van der Waals surface area contributed by atoms with E-state index in [9.17, 15) is 48.3 Å². The summed E-state index contributed by atoms with van der Waals surface area (Å²) in [5, 5.41) is 28.4. The van der Waals surface area contributed by atoms with Crippen molar-refractivity contribution in [3.05, 3.63) is 36.0 Å². The fourth-order valence-electron chi connectivity index (χ4n) is 6.26. The molecule has 63 heavy (non-hydrogen) atoms. The van der Waals surface area contributed by atoms with Crippen LogP contribution in [0.25, 0.3) is 10.9 Å². The van der Waals surface area contributed by atoms with E-state index in [-0.39, 0.29) is 31.6 Å². The molecule has 0 aliphatic carbocycles. The molecule has 22 heteroatoms. The molecule has 0 saturated carbocycles. The molecule has 1 aromatic carbocycles. The lowest BCUT2D eigenvalue weighted by molar-refractivity contribution is -0.135.